The number of nitriles is 1. The minimum Gasteiger partial charge on any atom is -0.481 e. The second kappa shape index (κ2) is 4.86. The van der Waals surface area contributed by atoms with E-state index in [0.29, 0.717) is 16.5 Å². The van der Waals surface area contributed by atoms with Crippen molar-refractivity contribution >= 4 is 11.6 Å². The van der Waals surface area contributed by atoms with E-state index in [4.69, 9.17) is 21.6 Å². The minimum absolute atomic E-state index is 0.510. The van der Waals surface area contributed by atoms with Crippen LogP contribution in [0.1, 0.15) is 5.56 Å². The highest BCUT2D eigenvalue weighted by atomic mass is 35.5. The van der Waals surface area contributed by atoms with E-state index in [1.165, 1.54) is 0 Å². The topological polar surface area (TPSA) is 45.9 Å². The Balaban J connectivity index is 2.57. The van der Waals surface area contributed by atoms with Gasteiger partial charge in [0.25, 0.3) is 0 Å². The molecule has 17 heavy (non-hydrogen) atoms. The highest BCUT2D eigenvalue weighted by Crippen LogP contribution is 2.33. The van der Waals surface area contributed by atoms with Gasteiger partial charge in [0.15, 0.2) is 0 Å². The van der Waals surface area contributed by atoms with Crippen molar-refractivity contribution < 1.29 is 4.74 Å². The van der Waals surface area contributed by atoms with Gasteiger partial charge in [-0.15, -0.1) is 0 Å². The predicted molar refractivity (Wildman–Crippen MR) is 66.0 cm³/mol. The monoisotopic (exact) mass is 244 g/mol. The van der Waals surface area contributed by atoms with Crippen LogP contribution < -0.4 is 4.74 Å². The molecule has 2 aromatic rings. The zero-order chi connectivity index (χ0) is 12.3. The third-order valence-corrected chi connectivity index (χ3v) is 2.67. The van der Waals surface area contributed by atoms with Crippen LogP contribution in [-0.4, -0.2) is 12.1 Å². The van der Waals surface area contributed by atoms with Gasteiger partial charge in [-0.25, -0.2) is 4.98 Å². The van der Waals surface area contributed by atoms with E-state index in [2.05, 4.69) is 4.98 Å². The van der Waals surface area contributed by atoms with Crippen molar-refractivity contribution in [1.82, 2.24) is 4.98 Å². The van der Waals surface area contributed by atoms with Gasteiger partial charge in [0, 0.05) is 22.3 Å². The van der Waals surface area contributed by atoms with Gasteiger partial charge in [0.2, 0.25) is 5.88 Å². The largest absolute Gasteiger partial charge is 0.481 e. The molecule has 0 fully saturated rings. The second-order valence-corrected chi connectivity index (χ2v) is 3.77. The van der Waals surface area contributed by atoms with Crippen molar-refractivity contribution in [3.05, 3.63) is 47.1 Å². The number of halogens is 1. The second-order valence-electron chi connectivity index (χ2n) is 3.37. The molecule has 0 amide bonds. The van der Waals surface area contributed by atoms with E-state index in [1.807, 2.05) is 18.2 Å². The number of benzene rings is 1. The summed E-state index contributed by atoms with van der Waals surface area (Å²) >= 11 is 6.14. The van der Waals surface area contributed by atoms with Gasteiger partial charge in [0.05, 0.1) is 18.7 Å². The zero-order valence-electron chi connectivity index (χ0n) is 9.14. The summed E-state index contributed by atoms with van der Waals surface area (Å²) in [6, 6.07) is 10.9. The number of hydrogen-bond donors (Lipinski definition) is 0. The van der Waals surface area contributed by atoms with E-state index < -0.39 is 0 Å². The molecule has 84 valence electrons. The maximum absolute atomic E-state index is 8.78. The fourth-order valence-electron chi connectivity index (χ4n) is 1.56. The Kier molecular flexibility index (Phi) is 3.27. The SMILES string of the molecule is COc1ncccc1-c1ccc(C#N)cc1Cl. The quantitative estimate of drug-likeness (QED) is 0.814. The van der Waals surface area contributed by atoms with Gasteiger partial charge in [0.1, 0.15) is 0 Å². The van der Waals surface area contributed by atoms with Crippen LogP contribution in [0.3, 0.4) is 0 Å². The molecule has 3 nitrogen and oxygen atoms in total. The highest BCUT2D eigenvalue weighted by molar-refractivity contribution is 6.33. The summed E-state index contributed by atoms with van der Waals surface area (Å²) < 4.78 is 5.18. The van der Waals surface area contributed by atoms with Crippen LogP contribution in [0.4, 0.5) is 0 Å². The van der Waals surface area contributed by atoms with Crippen molar-refractivity contribution in [2.45, 2.75) is 0 Å². The summed E-state index contributed by atoms with van der Waals surface area (Å²) in [5.41, 5.74) is 2.14. The average Bonchev–Trinajstić information content (AvgIpc) is 2.38. The van der Waals surface area contributed by atoms with Crippen LogP contribution in [-0.2, 0) is 0 Å². The lowest BCUT2D eigenvalue weighted by atomic mass is 10.1. The molecule has 1 heterocycles. The van der Waals surface area contributed by atoms with Gasteiger partial charge in [-0.05, 0) is 24.3 Å². The Hall–Kier alpha value is -2.05. The van der Waals surface area contributed by atoms with Gasteiger partial charge >= 0.3 is 0 Å². The minimum atomic E-state index is 0.510. The molecule has 0 aliphatic carbocycles. The van der Waals surface area contributed by atoms with Crippen LogP contribution >= 0.6 is 11.6 Å². The number of aromatic nitrogens is 1. The zero-order valence-corrected chi connectivity index (χ0v) is 9.90. The molecule has 0 atom stereocenters. The number of hydrogen-bond acceptors (Lipinski definition) is 3. The number of nitrogens with zero attached hydrogens (tertiary/aromatic N) is 2. The molecule has 2 rings (SSSR count). The maximum Gasteiger partial charge on any atom is 0.221 e. The third-order valence-electron chi connectivity index (χ3n) is 2.35. The van der Waals surface area contributed by atoms with Gasteiger partial charge < -0.3 is 4.74 Å². The Morgan fingerprint density at radius 1 is 1.29 bits per heavy atom. The number of pyridine rings is 1. The highest BCUT2D eigenvalue weighted by Gasteiger charge is 2.10. The maximum atomic E-state index is 8.78. The first-order valence-corrected chi connectivity index (χ1v) is 5.33. The summed E-state index contributed by atoms with van der Waals surface area (Å²) in [5.74, 6) is 0.513. The molecular formula is C13H9ClN2O. The van der Waals surface area contributed by atoms with Crippen LogP contribution in [0, 0.1) is 11.3 Å². The normalized spacial score (nSPS) is 9.71. The van der Waals surface area contributed by atoms with Gasteiger partial charge in [-0.1, -0.05) is 17.7 Å². The Morgan fingerprint density at radius 2 is 2.12 bits per heavy atom. The summed E-state index contributed by atoms with van der Waals surface area (Å²) in [5, 5.41) is 9.29. The number of ether oxygens (including phenoxy) is 1. The predicted octanol–water partition coefficient (Wildman–Crippen LogP) is 3.28. The lowest BCUT2D eigenvalue weighted by Crippen LogP contribution is -1.91. The van der Waals surface area contributed by atoms with E-state index >= 15 is 0 Å². The summed E-state index contributed by atoms with van der Waals surface area (Å²) in [4.78, 5) is 4.11. The molecular weight excluding hydrogens is 236 g/mol. The van der Waals surface area contributed by atoms with Crippen molar-refractivity contribution in [3.63, 3.8) is 0 Å². The van der Waals surface area contributed by atoms with Gasteiger partial charge in [-0.2, -0.15) is 5.26 Å². The first-order chi connectivity index (χ1) is 8.26. The third kappa shape index (κ3) is 2.22. The van der Waals surface area contributed by atoms with Crippen LogP contribution in [0.5, 0.6) is 5.88 Å². The smallest absolute Gasteiger partial charge is 0.221 e. The molecule has 0 spiro atoms. The van der Waals surface area contributed by atoms with Crippen molar-refractivity contribution in [2.75, 3.05) is 7.11 Å². The summed E-state index contributed by atoms with van der Waals surface area (Å²) in [7, 11) is 1.56. The molecule has 0 aliphatic heterocycles. The number of methoxy groups -OCH3 is 1. The molecule has 1 aromatic heterocycles. The fourth-order valence-corrected chi connectivity index (χ4v) is 1.84. The van der Waals surface area contributed by atoms with E-state index in [0.717, 1.165) is 11.1 Å². The molecule has 0 radical (unpaired) electrons. The molecule has 0 aliphatic rings. The van der Waals surface area contributed by atoms with Crippen molar-refractivity contribution in [3.8, 4) is 23.1 Å². The van der Waals surface area contributed by atoms with Crippen molar-refractivity contribution in [1.29, 1.82) is 5.26 Å². The van der Waals surface area contributed by atoms with E-state index in [9.17, 15) is 0 Å². The standard InChI is InChI=1S/C13H9ClN2O/c1-17-13-11(3-2-6-16-13)10-5-4-9(8-15)7-12(10)14/h2-7H,1H3. The van der Waals surface area contributed by atoms with Crippen LogP contribution in [0.15, 0.2) is 36.5 Å². The van der Waals surface area contributed by atoms with Gasteiger partial charge in [-0.3, -0.25) is 0 Å². The van der Waals surface area contributed by atoms with Crippen LogP contribution in [0.25, 0.3) is 11.1 Å². The average molecular weight is 245 g/mol. The first kappa shape index (κ1) is 11.4. The van der Waals surface area contributed by atoms with E-state index in [-0.39, 0.29) is 0 Å². The molecule has 0 saturated carbocycles. The summed E-state index contributed by atoms with van der Waals surface area (Å²) in [6.45, 7) is 0. The molecule has 0 bridgehead atoms. The van der Waals surface area contributed by atoms with E-state index in [1.54, 1.807) is 31.5 Å². The Labute approximate surface area is 104 Å². The fraction of sp³-hybridized carbons (Fsp3) is 0.0769. The number of rotatable bonds is 2. The molecule has 1 aromatic carbocycles. The lowest BCUT2D eigenvalue weighted by molar-refractivity contribution is 0.399. The molecule has 0 saturated heterocycles. The Bertz CT molecular complexity index is 590. The Morgan fingerprint density at radius 3 is 2.76 bits per heavy atom. The first-order valence-electron chi connectivity index (χ1n) is 4.95. The molecule has 0 N–H and O–H groups in total. The molecule has 4 heteroatoms. The molecule has 0 unspecified atom stereocenters. The summed E-state index contributed by atoms with van der Waals surface area (Å²) in [6.07, 6.45) is 1.65. The van der Waals surface area contributed by atoms with Crippen molar-refractivity contribution in [2.24, 2.45) is 0 Å². The van der Waals surface area contributed by atoms with Crippen LogP contribution in [0.2, 0.25) is 5.02 Å². The lowest BCUT2D eigenvalue weighted by Gasteiger charge is -2.08.